The Hall–Kier alpha value is -2.34. The van der Waals surface area contributed by atoms with Gasteiger partial charge in [0.1, 0.15) is 29.0 Å². The van der Waals surface area contributed by atoms with Crippen LogP contribution in [0.3, 0.4) is 0 Å². The van der Waals surface area contributed by atoms with Gasteiger partial charge in [0.15, 0.2) is 16.6 Å². The lowest BCUT2D eigenvalue weighted by Crippen LogP contribution is -2.38. The second-order valence-electron chi connectivity index (χ2n) is 5.50. The molecular weight excluding hydrogens is 513 g/mol. The van der Waals surface area contributed by atoms with Crippen LogP contribution in [0, 0.1) is 11.3 Å². The van der Waals surface area contributed by atoms with E-state index >= 15 is 0 Å². The molecule has 0 fully saturated rings. The van der Waals surface area contributed by atoms with Crippen molar-refractivity contribution in [1.29, 1.82) is 5.26 Å². The Bertz CT molecular complexity index is 995. The number of nitrogens with zero attached hydrogens (tertiary/aromatic N) is 2. The zero-order chi connectivity index (χ0) is 24.9. The summed E-state index contributed by atoms with van der Waals surface area (Å²) >= 11 is 11.5. The van der Waals surface area contributed by atoms with Gasteiger partial charge in [-0.3, -0.25) is 4.79 Å². The lowest BCUT2D eigenvalue weighted by Gasteiger charge is -2.16. The van der Waals surface area contributed by atoms with Gasteiger partial charge >= 0.3 is 11.7 Å². The van der Waals surface area contributed by atoms with E-state index in [1.54, 1.807) is 0 Å². The van der Waals surface area contributed by atoms with E-state index in [2.05, 4.69) is 4.99 Å². The van der Waals surface area contributed by atoms with Gasteiger partial charge < -0.3 is 15.8 Å². The molecule has 32 heavy (non-hydrogen) atoms. The van der Waals surface area contributed by atoms with Crippen molar-refractivity contribution in [2.45, 2.75) is 18.6 Å². The molecule has 0 aromatic heterocycles. The predicted molar refractivity (Wildman–Crippen MR) is 104 cm³/mol. The lowest BCUT2D eigenvalue weighted by molar-refractivity contribution is -0.137. The molecule has 1 amide bonds. The van der Waals surface area contributed by atoms with Crippen molar-refractivity contribution in [2.75, 3.05) is 13.2 Å². The van der Waals surface area contributed by atoms with Gasteiger partial charge in [0.2, 0.25) is 0 Å². The first-order valence-corrected chi connectivity index (χ1v) is 9.95. The number of nitriles is 1. The minimum absolute atomic E-state index is 0.0357. The highest BCUT2D eigenvalue weighted by Crippen LogP contribution is 2.40. The molecule has 0 saturated heterocycles. The molecule has 0 saturated carbocycles. The average molecular weight is 525 g/mol. The van der Waals surface area contributed by atoms with Crippen LogP contribution < -0.4 is 11.1 Å². The van der Waals surface area contributed by atoms with E-state index in [9.17, 15) is 35.3 Å². The van der Waals surface area contributed by atoms with E-state index in [4.69, 9.17) is 38.9 Å². The maximum atomic E-state index is 13.1. The third kappa shape index (κ3) is 7.37. The van der Waals surface area contributed by atoms with E-state index in [0.717, 1.165) is 6.07 Å². The number of hydrogen-bond donors (Lipinski definition) is 2. The van der Waals surface area contributed by atoms with Crippen molar-refractivity contribution in [1.82, 2.24) is 5.32 Å². The Balaban J connectivity index is 3.78. The zero-order valence-corrected chi connectivity index (χ0v) is 18.0. The smallest absolute Gasteiger partial charge is 0.389 e. The molecule has 0 bridgehead atoms. The first-order chi connectivity index (χ1) is 14.6. The fourth-order valence-electron chi connectivity index (χ4n) is 1.93. The van der Waals surface area contributed by atoms with E-state index in [-0.39, 0.29) is 6.61 Å². The summed E-state index contributed by atoms with van der Waals surface area (Å²) in [5.74, 6) is -2.28. The fraction of sp³-hybridized carbons (Fsp3) is 0.312. The molecule has 176 valence electrons. The summed E-state index contributed by atoms with van der Waals surface area (Å²) in [4.78, 5) is 14.1. The van der Waals surface area contributed by atoms with Crippen molar-refractivity contribution < 1.29 is 40.1 Å². The van der Waals surface area contributed by atoms with Crippen LogP contribution in [-0.2, 0) is 26.5 Å². The maximum absolute atomic E-state index is 13.1. The van der Waals surface area contributed by atoms with E-state index in [1.807, 2.05) is 5.32 Å². The molecule has 1 aromatic carbocycles. The third-order valence-electron chi connectivity index (χ3n) is 3.24. The van der Waals surface area contributed by atoms with Crippen LogP contribution in [0.15, 0.2) is 27.7 Å². The zero-order valence-electron chi connectivity index (χ0n) is 15.7. The topological polar surface area (TPSA) is 118 Å². The molecule has 3 N–H and O–H groups in total. The quantitative estimate of drug-likeness (QED) is 0.251. The number of halogens is 8. The van der Waals surface area contributed by atoms with Crippen molar-refractivity contribution in [3.05, 3.63) is 38.3 Å². The number of ether oxygens (including phenoxy) is 1. The fourth-order valence-corrected chi connectivity index (χ4v) is 3.25. The summed E-state index contributed by atoms with van der Waals surface area (Å²) in [7, 11) is -3.98. The number of amides is 1. The molecule has 1 aromatic rings. The van der Waals surface area contributed by atoms with Crippen LogP contribution in [0.25, 0.3) is 0 Å². The highest BCUT2D eigenvalue weighted by atomic mass is 35.5. The van der Waals surface area contributed by atoms with Crippen LogP contribution >= 0.6 is 23.2 Å². The summed E-state index contributed by atoms with van der Waals surface area (Å²) in [5, 5.41) is 9.23. The predicted octanol–water partition coefficient (Wildman–Crippen LogP) is 4.16. The molecule has 0 aliphatic carbocycles. The number of nitrogens with one attached hydrogen (secondary N) is 1. The average Bonchev–Trinajstić information content (AvgIpc) is 2.66. The van der Waals surface area contributed by atoms with E-state index < -0.39 is 72.7 Å². The second kappa shape index (κ2) is 11.0. The first-order valence-electron chi connectivity index (χ1n) is 8.04. The summed E-state index contributed by atoms with van der Waals surface area (Å²) < 4.78 is 94.8. The maximum Gasteiger partial charge on any atom is 0.476 e. The summed E-state index contributed by atoms with van der Waals surface area (Å²) in [6.45, 7) is 0.845. The third-order valence-corrected chi connectivity index (χ3v) is 5.02. The molecule has 0 radical (unpaired) electrons. The molecule has 7 nitrogen and oxygen atoms in total. The molecule has 1 unspecified atom stereocenters. The number of hydrogen-bond acceptors (Lipinski definition) is 6. The lowest BCUT2D eigenvalue weighted by atomic mass is 10.2. The molecule has 0 heterocycles. The molecule has 0 spiro atoms. The van der Waals surface area contributed by atoms with Gasteiger partial charge in [0, 0.05) is 6.61 Å². The highest BCUT2D eigenvalue weighted by Gasteiger charge is 2.43. The van der Waals surface area contributed by atoms with Crippen LogP contribution in [-0.4, -0.2) is 34.7 Å². The standard InChI is InChI=1S/C16H12Cl2F6N4O3S/c1-2-31-6-11(29)27-14(13(10(26)5-25)32(30)16(22,23)24)28-12-8(17)3-7(4-9(12)18)15(19,20)21/h3-4H,2,6,26H2,1H3,(H,27,28,29). The summed E-state index contributed by atoms with van der Waals surface area (Å²) in [6, 6.07) is 1.90. The van der Waals surface area contributed by atoms with Crippen molar-refractivity contribution in [3.63, 3.8) is 0 Å². The Kier molecular flexibility index (Phi) is 9.51. The second-order valence-corrected chi connectivity index (χ2v) is 7.72. The van der Waals surface area contributed by atoms with Crippen molar-refractivity contribution >= 4 is 51.4 Å². The number of rotatable bonds is 6. The Morgan fingerprint density at radius 1 is 1.25 bits per heavy atom. The number of alkyl halides is 6. The van der Waals surface area contributed by atoms with Crippen LogP contribution in [0.2, 0.25) is 10.0 Å². The molecule has 1 atom stereocenters. The molecule has 0 aliphatic rings. The molecule has 16 heteroatoms. The largest absolute Gasteiger partial charge is 0.476 e. The minimum Gasteiger partial charge on any atom is -0.389 e. The number of benzene rings is 1. The van der Waals surface area contributed by atoms with Crippen LogP contribution in [0.4, 0.5) is 32.0 Å². The van der Waals surface area contributed by atoms with Gasteiger partial charge in [0.05, 0.1) is 15.6 Å². The van der Waals surface area contributed by atoms with E-state index in [0.29, 0.717) is 12.1 Å². The van der Waals surface area contributed by atoms with Crippen LogP contribution in [0.1, 0.15) is 12.5 Å². The SMILES string of the molecule is CCOCC(=O)NC(=Nc1c(Cl)cc(C(F)(F)F)cc1Cl)C(=C(N)C#N)S(=O)C(F)(F)F. The summed E-state index contributed by atoms with van der Waals surface area (Å²) in [6.07, 6.45) is -4.86. The van der Waals surface area contributed by atoms with Crippen molar-refractivity contribution in [2.24, 2.45) is 10.7 Å². The highest BCUT2D eigenvalue weighted by molar-refractivity contribution is 7.91. The summed E-state index contributed by atoms with van der Waals surface area (Å²) in [5.41, 5.74) is -3.44. The number of nitrogens with two attached hydrogens (primary N) is 1. The monoisotopic (exact) mass is 524 g/mol. The van der Waals surface area contributed by atoms with Gasteiger partial charge in [0.25, 0.3) is 5.91 Å². The van der Waals surface area contributed by atoms with E-state index in [1.165, 1.54) is 6.92 Å². The molecule has 1 rings (SSSR count). The number of aliphatic imine (C=N–C) groups is 1. The number of carbonyl (C=O) groups is 1. The molecule has 0 aliphatic heterocycles. The van der Waals surface area contributed by atoms with Gasteiger partial charge in [-0.15, -0.1) is 0 Å². The van der Waals surface area contributed by atoms with Crippen LogP contribution in [0.5, 0.6) is 0 Å². The van der Waals surface area contributed by atoms with Gasteiger partial charge in [-0.1, -0.05) is 23.2 Å². The Morgan fingerprint density at radius 2 is 1.78 bits per heavy atom. The molecular formula is C16H12Cl2F6N4O3S. The first kappa shape index (κ1) is 27.7. The number of allylic oxidation sites excluding steroid dienone is 1. The normalized spacial score (nSPS) is 14.4. The Labute approximate surface area is 189 Å². The minimum atomic E-state index is -5.45. The van der Waals surface area contributed by atoms with Crippen molar-refractivity contribution in [3.8, 4) is 6.07 Å². The Morgan fingerprint density at radius 3 is 2.19 bits per heavy atom. The van der Waals surface area contributed by atoms with Gasteiger partial charge in [-0.25, -0.2) is 9.20 Å². The number of amidine groups is 1. The number of carbonyl (C=O) groups excluding carboxylic acids is 1. The van der Waals surface area contributed by atoms with Gasteiger partial charge in [-0.2, -0.15) is 31.6 Å². The van der Waals surface area contributed by atoms with Gasteiger partial charge in [-0.05, 0) is 19.1 Å².